The second-order valence-corrected chi connectivity index (χ2v) is 3.53. The van der Waals surface area contributed by atoms with Crippen LogP contribution in [0.2, 0.25) is 0 Å². The van der Waals surface area contributed by atoms with Gasteiger partial charge in [-0.15, -0.1) is 0 Å². The molecule has 0 fully saturated rings. The number of nitro benzene ring substituents is 1. The van der Waals surface area contributed by atoms with Gasteiger partial charge in [0, 0.05) is 26.4 Å². The molecular weight excluding hydrogens is 259 g/mol. The summed E-state index contributed by atoms with van der Waals surface area (Å²) >= 11 is 0. The Morgan fingerprint density at radius 2 is 2.11 bits per heavy atom. The second-order valence-electron chi connectivity index (χ2n) is 3.53. The third-order valence-electron chi connectivity index (χ3n) is 2.36. The topological polar surface area (TPSA) is 90.7 Å². The van der Waals surface area contributed by atoms with Crippen molar-refractivity contribution in [2.75, 3.05) is 20.8 Å². The number of hydrogen-bond donors (Lipinski definition) is 1. The van der Waals surface area contributed by atoms with Crippen LogP contribution in [0.1, 0.15) is 10.4 Å². The zero-order valence-corrected chi connectivity index (χ0v) is 10.4. The highest BCUT2D eigenvalue weighted by molar-refractivity contribution is 5.95. The average Bonchev–Trinajstić information content (AvgIpc) is 2.39. The van der Waals surface area contributed by atoms with Gasteiger partial charge in [-0.1, -0.05) is 0 Å². The highest BCUT2D eigenvalue weighted by atomic mass is 19.1. The Kier molecular flexibility index (Phi) is 5.34. The number of non-ortho nitro benzene ring substituents is 1. The lowest BCUT2D eigenvalue weighted by Crippen LogP contribution is -2.34. The van der Waals surface area contributed by atoms with E-state index in [0.717, 1.165) is 18.2 Å². The van der Waals surface area contributed by atoms with Gasteiger partial charge in [0.15, 0.2) is 6.29 Å². The number of halogens is 1. The fourth-order valence-corrected chi connectivity index (χ4v) is 1.33. The van der Waals surface area contributed by atoms with Crippen LogP contribution in [0.4, 0.5) is 10.1 Å². The third-order valence-corrected chi connectivity index (χ3v) is 2.36. The standard InChI is InChI=1S/C11H13FN2O5/c1-18-10(19-2)6-13-11(15)8-5-7(14(16)17)3-4-9(8)12/h3-5,10H,6H2,1-2H3,(H,13,15). The molecule has 0 aliphatic heterocycles. The lowest BCUT2D eigenvalue weighted by molar-refractivity contribution is -0.384. The zero-order chi connectivity index (χ0) is 14.4. The number of benzene rings is 1. The average molecular weight is 272 g/mol. The summed E-state index contributed by atoms with van der Waals surface area (Å²) in [6.45, 7) is -0.00599. The fraction of sp³-hybridized carbons (Fsp3) is 0.364. The molecule has 1 amide bonds. The Labute approximate surface area is 108 Å². The molecule has 8 heteroatoms. The minimum absolute atomic E-state index is 0.00599. The van der Waals surface area contributed by atoms with Crippen molar-refractivity contribution in [3.8, 4) is 0 Å². The van der Waals surface area contributed by atoms with Crippen molar-refractivity contribution in [3.05, 3.63) is 39.7 Å². The first-order valence-corrected chi connectivity index (χ1v) is 5.27. The Morgan fingerprint density at radius 1 is 1.47 bits per heavy atom. The minimum Gasteiger partial charge on any atom is -0.354 e. The summed E-state index contributed by atoms with van der Waals surface area (Å²) in [6.07, 6.45) is -0.675. The maximum absolute atomic E-state index is 13.4. The number of nitro groups is 1. The van der Waals surface area contributed by atoms with Crippen LogP contribution >= 0.6 is 0 Å². The molecule has 1 aromatic rings. The predicted molar refractivity (Wildman–Crippen MR) is 63.2 cm³/mol. The van der Waals surface area contributed by atoms with Gasteiger partial charge in [-0.25, -0.2) is 4.39 Å². The Hall–Kier alpha value is -2.06. The van der Waals surface area contributed by atoms with Crippen LogP contribution in [-0.4, -0.2) is 37.9 Å². The molecule has 0 atom stereocenters. The van der Waals surface area contributed by atoms with E-state index in [1.807, 2.05) is 0 Å². The van der Waals surface area contributed by atoms with Gasteiger partial charge in [0.05, 0.1) is 17.0 Å². The number of ether oxygens (including phenoxy) is 2. The van der Waals surface area contributed by atoms with E-state index in [-0.39, 0.29) is 12.2 Å². The smallest absolute Gasteiger partial charge is 0.270 e. The quantitative estimate of drug-likeness (QED) is 0.475. The van der Waals surface area contributed by atoms with Gasteiger partial charge in [-0.3, -0.25) is 14.9 Å². The summed E-state index contributed by atoms with van der Waals surface area (Å²) in [5, 5.41) is 12.9. The molecule has 0 unspecified atom stereocenters. The molecule has 0 bridgehead atoms. The van der Waals surface area contributed by atoms with Gasteiger partial charge in [0.25, 0.3) is 11.6 Å². The number of rotatable bonds is 6. The van der Waals surface area contributed by atoms with Crippen LogP contribution in [-0.2, 0) is 9.47 Å². The molecule has 7 nitrogen and oxygen atoms in total. The molecule has 0 aromatic heterocycles. The normalized spacial score (nSPS) is 10.5. The lowest BCUT2D eigenvalue weighted by atomic mass is 10.1. The number of nitrogens with zero attached hydrogens (tertiary/aromatic N) is 1. The van der Waals surface area contributed by atoms with E-state index in [4.69, 9.17) is 9.47 Å². The molecule has 0 aliphatic rings. The van der Waals surface area contributed by atoms with E-state index < -0.39 is 28.5 Å². The third kappa shape index (κ3) is 3.97. The first-order valence-electron chi connectivity index (χ1n) is 5.27. The second kappa shape index (κ2) is 6.76. The highest BCUT2D eigenvalue weighted by Gasteiger charge is 2.17. The van der Waals surface area contributed by atoms with E-state index in [2.05, 4.69) is 5.32 Å². The molecule has 19 heavy (non-hydrogen) atoms. The van der Waals surface area contributed by atoms with E-state index in [1.165, 1.54) is 14.2 Å². The first-order chi connectivity index (χ1) is 8.99. The number of carbonyl (C=O) groups is 1. The van der Waals surface area contributed by atoms with E-state index in [1.54, 1.807) is 0 Å². The summed E-state index contributed by atoms with van der Waals surface area (Å²) in [4.78, 5) is 21.5. The van der Waals surface area contributed by atoms with Gasteiger partial charge >= 0.3 is 0 Å². The van der Waals surface area contributed by atoms with Crippen molar-refractivity contribution < 1.29 is 23.6 Å². The number of hydrogen-bond acceptors (Lipinski definition) is 5. The van der Waals surface area contributed by atoms with Crippen LogP contribution < -0.4 is 5.32 Å². The van der Waals surface area contributed by atoms with Crippen molar-refractivity contribution in [3.63, 3.8) is 0 Å². The molecule has 1 N–H and O–H groups in total. The molecule has 0 saturated carbocycles. The molecule has 104 valence electrons. The zero-order valence-electron chi connectivity index (χ0n) is 10.4. The van der Waals surface area contributed by atoms with Crippen LogP contribution in [0, 0.1) is 15.9 Å². The molecular formula is C11H13FN2O5. The minimum atomic E-state index is -0.838. The predicted octanol–water partition coefficient (Wildman–Crippen LogP) is 1.08. The van der Waals surface area contributed by atoms with Crippen LogP contribution in [0.15, 0.2) is 18.2 Å². The maximum atomic E-state index is 13.4. The summed E-state index contributed by atoms with van der Waals surface area (Å²) in [6, 6.07) is 2.73. The Bertz CT molecular complexity index is 476. The number of amides is 1. The molecule has 1 aromatic carbocycles. The fourth-order valence-electron chi connectivity index (χ4n) is 1.33. The Morgan fingerprint density at radius 3 is 2.63 bits per heavy atom. The van der Waals surface area contributed by atoms with Crippen molar-refractivity contribution >= 4 is 11.6 Å². The first kappa shape index (κ1) is 15.0. The number of methoxy groups -OCH3 is 2. The van der Waals surface area contributed by atoms with Gasteiger partial charge in [-0.2, -0.15) is 0 Å². The van der Waals surface area contributed by atoms with Crippen molar-refractivity contribution in [1.82, 2.24) is 5.32 Å². The van der Waals surface area contributed by atoms with Crippen LogP contribution in [0.5, 0.6) is 0 Å². The van der Waals surface area contributed by atoms with Crippen molar-refractivity contribution in [2.45, 2.75) is 6.29 Å². The van der Waals surface area contributed by atoms with Gasteiger partial charge < -0.3 is 14.8 Å². The maximum Gasteiger partial charge on any atom is 0.270 e. The molecule has 0 radical (unpaired) electrons. The molecule has 0 aliphatic carbocycles. The van der Waals surface area contributed by atoms with E-state index in [9.17, 15) is 19.3 Å². The SMILES string of the molecule is COC(CNC(=O)c1cc([N+](=O)[O-])ccc1F)OC. The molecule has 0 spiro atoms. The summed E-state index contributed by atoms with van der Waals surface area (Å²) in [7, 11) is 2.77. The van der Waals surface area contributed by atoms with E-state index in [0.29, 0.717) is 0 Å². The Balaban J connectivity index is 2.81. The molecule has 0 saturated heterocycles. The molecule has 0 heterocycles. The highest BCUT2D eigenvalue weighted by Crippen LogP contribution is 2.16. The number of carbonyl (C=O) groups excluding carboxylic acids is 1. The largest absolute Gasteiger partial charge is 0.354 e. The van der Waals surface area contributed by atoms with Gasteiger partial charge in [0.2, 0.25) is 0 Å². The van der Waals surface area contributed by atoms with E-state index >= 15 is 0 Å². The number of nitrogens with one attached hydrogen (secondary N) is 1. The lowest BCUT2D eigenvalue weighted by Gasteiger charge is -2.14. The monoisotopic (exact) mass is 272 g/mol. The molecule has 1 rings (SSSR count). The van der Waals surface area contributed by atoms with Crippen LogP contribution in [0.3, 0.4) is 0 Å². The van der Waals surface area contributed by atoms with Crippen molar-refractivity contribution in [2.24, 2.45) is 0 Å². The summed E-state index contributed by atoms with van der Waals surface area (Å²) in [5.74, 6) is -1.62. The van der Waals surface area contributed by atoms with Gasteiger partial charge in [0.1, 0.15) is 5.82 Å². The van der Waals surface area contributed by atoms with Crippen molar-refractivity contribution in [1.29, 1.82) is 0 Å². The van der Waals surface area contributed by atoms with Crippen LogP contribution in [0.25, 0.3) is 0 Å². The van der Waals surface area contributed by atoms with Gasteiger partial charge in [-0.05, 0) is 6.07 Å². The summed E-state index contributed by atoms with van der Waals surface area (Å²) < 4.78 is 23.1. The summed E-state index contributed by atoms with van der Waals surface area (Å²) in [5.41, 5.74) is -0.762.